The Bertz CT molecular complexity index is 1160. The van der Waals surface area contributed by atoms with E-state index in [0.29, 0.717) is 36.6 Å². The molecule has 9 heteroatoms. The molecule has 1 aliphatic carbocycles. The van der Waals surface area contributed by atoms with E-state index in [0.717, 1.165) is 35.9 Å². The number of benzene rings is 2. The third-order valence-corrected chi connectivity index (χ3v) is 5.37. The summed E-state index contributed by atoms with van der Waals surface area (Å²) in [5.41, 5.74) is 0.0653. The number of hydrogen-bond acceptors (Lipinski definition) is 4. The highest BCUT2D eigenvalue weighted by molar-refractivity contribution is 6.08. The summed E-state index contributed by atoms with van der Waals surface area (Å²) >= 11 is 0. The summed E-state index contributed by atoms with van der Waals surface area (Å²) in [5.74, 6) is -0.0433. The number of pyridine rings is 1. The number of nitrogens with one attached hydrogen (secondary N) is 3. The number of alkyl halides is 3. The minimum Gasteiger partial charge on any atom is -0.370 e. The van der Waals surface area contributed by atoms with Gasteiger partial charge in [0.2, 0.25) is 5.91 Å². The Morgan fingerprint density at radius 1 is 1.00 bits per heavy atom. The summed E-state index contributed by atoms with van der Waals surface area (Å²) < 4.78 is 37.8. The van der Waals surface area contributed by atoms with Gasteiger partial charge < -0.3 is 16.0 Å². The first kappa shape index (κ1) is 22.6. The number of nitrogens with zero attached hydrogens (tertiary/aromatic N) is 1. The maximum Gasteiger partial charge on any atom is 0.417 e. The standard InChI is InChI=1S/C24H23F3N4O2/c25-24(26,27)18-8-9-21(30-14-18)28-10-3-11-29-23(33)19-12-16-4-1-2-5-17(16)13-20(19)31-22(32)15-6-7-15/h1-2,4-5,8-9,12-15H,3,6-7,10-11H2,(H,28,30)(H,29,33)(H,31,32). The number of halogens is 3. The lowest BCUT2D eigenvalue weighted by Crippen LogP contribution is -2.27. The second-order valence-electron chi connectivity index (χ2n) is 7.97. The van der Waals surface area contributed by atoms with Crippen LogP contribution in [0, 0.1) is 5.92 Å². The average molecular weight is 456 g/mol. The van der Waals surface area contributed by atoms with Gasteiger partial charge in [-0.3, -0.25) is 9.59 Å². The Kier molecular flexibility index (Phi) is 6.48. The van der Waals surface area contributed by atoms with Crippen LogP contribution < -0.4 is 16.0 Å². The zero-order valence-electron chi connectivity index (χ0n) is 17.7. The van der Waals surface area contributed by atoms with Crippen molar-refractivity contribution in [3.63, 3.8) is 0 Å². The van der Waals surface area contributed by atoms with Gasteiger partial charge in [-0.15, -0.1) is 0 Å². The summed E-state index contributed by atoms with van der Waals surface area (Å²) in [6.07, 6.45) is -1.38. The lowest BCUT2D eigenvalue weighted by molar-refractivity contribution is -0.137. The van der Waals surface area contributed by atoms with Crippen LogP contribution in [0.25, 0.3) is 10.8 Å². The molecule has 1 heterocycles. The van der Waals surface area contributed by atoms with Crippen molar-refractivity contribution in [2.75, 3.05) is 23.7 Å². The number of anilines is 2. The molecule has 6 nitrogen and oxygen atoms in total. The van der Waals surface area contributed by atoms with Crippen molar-refractivity contribution < 1.29 is 22.8 Å². The fourth-order valence-corrected chi connectivity index (χ4v) is 3.38. The van der Waals surface area contributed by atoms with Crippen molar-refractivity contribution in [1.82, 2.24) is 10.3 Å². The second-order valence-corrected chi connectivity index (χ2v) is 7.97. The molecule has 1 aliphatic rings. The molecule has 3 aromatic rings. The van der Waals surface area contributed by atoms with E-state index in [4.69, 9.17) is 0 Å². The molecule has 4 rings (SSSR count). The van der Waals surface area contributed by atoms with Crippen molar-refractivity contribution in [3.05, 3.63) is 65.9 Å². The molecular formula is C24H23F3N4O2. The van der Waals surface area contributed by atoms with Crippen LogP contribution in [0.4, 0.5) is 24.7 Å². The van der Waals surface area contributed by atoms with Crippen LogP contribution in [0.3, 0.4) is 0 Å². The Balaban J connectivity index is 1.33. The molecule has 0 atom stereocenters. The Morgan fingerprint density at radius 3 is 2.36 bits per heavy atom. The van der Waals surface area contributed by atoms with Crippen molar-refractivity contribution in [1.29, 1.82) is 0 Å². The van der Waals surface area contributed by atoms with Gasteiger partial charge in [0.25, 0.3) is 5.91 Å². The maximum absolute atomic E-state index is 12.8. The second kappa shape index (κ2) is 9.48. The Hall–Kier alpha value is -3.62. The molecule has 0 spiro atoms. The monoisotopic (exact) mass is 456 g/mol. The minimum atomic E-state index is -4.42. The third kappa shape index (κ3) is 5.79. The average Bonchev–Trinajstić information content (AvgIpc) is 3.63. The van der Waals surface area contributed by atoms with Crippen molar-refractivity contribution in [2.45, 2.75) is 25.4 Å². The molecule has 33 heavy (non-hydrogen) atoms. The van der Waals surface area contributed by atoms with E-state index in [1.807, 2.05) is 30.3 Å². The number of amides is 2. The molecule has 0 aliphatic heterocycles. The molecule has 1 fully saturated rings. The van der Waals surface area contributed by atoms with Crippen molar-refractivity contribution in [2.24, 2.45) is 5.92 Å². The summed E-state index contributed by atoms with van der Waals surface area (Å²) in [5, 5.41) is 10.5. The van der Waals surface area contributed by atoms with Crippen molar-refractivity contribution in [3.8, 4) is 0 Å². The molecule has 2 aromatic carbocycles. The van der Waals surface area contributed by atoms with Crippen LogP contribution in [0.2, 0.25) is 0 Å². The van der Waals surface area contributed by atoms with Gasteiger partial charge in [-0.25, -0.2) is 4.98 Å². The maximum atomic E-state index is 12.8. The van der Waals surface area contributed by atoms with Crippen LogP contribution in [0.1, 0.15) is 35.2 Å². The summed E-state index contributed by atoms with van der Waals surface area (Å²) in [6, 6.07) is 13.4. The highest BCUT2D eigenvalue weighted by atomic mass is 19.4. The Morgan fingerprint density at radius 2 is 1.73 bits per heavy atom. The normalized spacial score (nSPS) is 13.5. The van der Waals surface area contributed by atoms with Crippen molar-refractivity contribution >= 4 is 34.1 Å². The molecule has 172 valence electrons. The van der Waals surface area contributed by atoms with E-state index in [9.17, 15) is 22.8 Å². The van der Waals surface area contributed by atoms with Crippen LogP contribution in [0.15, 0.2) is 54.7 Å². The van der Waals surface area contributed by atoms with Gasteiger partial charge in [0.1, 0.15) is 5.82 Å². The van der Waals surface area contributed by atoms with E-state index >= 15 is 0 Å². The van der Waals surface area contributed by atoms with Crippen LogP contribution in [0.5, 0.6) is 0 Å². The summed E-state index contributed by atoms with van der Waals surface area (Å²) in [6.45, 7) is 0.761. The fourth-order valence-electron chi connectivity index (χ4n) is 3.38. The molecule has 3 N–H and O–H groups in total. The first-order chi connectivity index (χ1) is 15.8. The Labute approximate surface area is 188 Å². The highest BCUT2D eigenvalue weighted by Gasteiger charge is 2.31. The van der Waals surface area contributed by atoms with Crippen LogP contribution in [-0.4, -0.2) is 29.9 Å². The van der Waals surface area contributed by atoms with Gasteiger partial charge in [-0.05, 0) is 54.3 Å². The number of carbonyl (C=O) groups excluding carboxylic acids is 2. The smallest absolute Gasteiger partial charge is 0.370 e. The summed E-state index contributed by atoms with van der Waals surface area (Å²) in [4.78, 5) is 28.9. The van der Waals surface area contributed by atoms with E-state index in [2.05, 4.69) is 20.9 Å². The van der Waals surface area contributed by atoms with E-state index in [-0.39, 0.29) is 17.7 Å². The predicted molar refractivity (Wildman–Crippen MR) is 120 cm³/mol. The number of rotatable bonds is 8. The largest absolute Gasteiger partial charge is 0.417 e. The lowest BCUT2D eigenvalue weighted by atomic mass is 10.0. The zero-order chi connectivity index (χ0) is 23.4. The van der Waals surface area contributed by atoms with Gasteiger partial charge in [0.05, 0.1) is 16.8 Å². The topological polar surface area (TPSA) is 83.1 Å². The molecule has 1 saturated carbocycles. The van der Waals surface area contributed by atoms with E-state index in [1.54, 1.807) is 6.07 Å². The van der Waals surface area contributed by atoms with Crippen LogP contribution >= 0.6 is 0 Å². The van der Waals surface area contributed by atoms with Gasteiger partial charge in [-0.2, -0.15) is 13.2 Å². The highest BCUT2D eigenvalue weighted by Crippen LogP contribution is 2.32. The number of hydrogen-bond donors (Lipinski definition) is 3. The molecule has 0 unspecified atom stereocenters. The predicted octanol–water partition coefficient (Wildman–Crippen LogP) is 4.83. The fraction of sp³-hybridized carbons (Fsp3) is 0.292. The van der Waals surface area contributed by atoms with Gasteiger partial charge in [-0.1, -0.05) is 24.3 Å². The number of aromatic nitrogens is 1. The molecular weight excluding hydrogens is 433 g/mol. The lowest BCUT2D eigenvalue weighted by Gasteiger charge is -2.13. The molecule has 0 radical (unpaired) electrons. The van der Waals surface area contributed by atoms with E-state index < -0.39 is 11.7 Å². The SMILES string of the molecule is O=C(NCCCNc1ccc(C(F)(F)F)cn1)c1cc2ccccc2cc1NC(=O)C1CC1. The van der Waals surface area contributed by atoms with Gasteiger partial charge >= 0.3 is 6.18 Å². The minimum absolute atomic E-state index is 0.0114. The first-order valence-electron chi connectivity index (χ1n) is 10.7. The molecule has 0 saturated heterocycles. The van der Waals surface area contributed by atoms with E-state index in [1.165, 1.54) is 6.07 Å². The zero-order valence-corrected chi connectivity index (χ0v) is 17.7. The first-order valence-corrected chi connectivity index (χ1v) is 10.7. The van der Waals surface area contributed by atoms with Crippen LogP contribution in [-0.2, 0) is 11.0 Å². The van der Waals surface area contributed by atoms with Gasteiger partial charge in [0.15, 0.2) is 0 Å². The van der Waals surface area contributed by atoms with Gasteiger partial charge in [0, 0.05) is 25.2 Å². The quantitative estimate of drug-likeness (QED) is 0.424. The molecule has 0 bridgehead atoms. The summed E-state index contributed by atoms with van der Waals surface area (Å²) in [7, 11) is 0. The number of fused-ring (bicyclic) bond motifs is 1. The molecule has 1 aromatic heterocycles. The number of carbonyl (C=O) groups is 2. The third-order valence-electron chi connectivity index (χ3n) is 5.37. The molecule has 2 amide bonds.